The monoisotopic (exact) mass is 240 g/mol. The van der Waals surface area contributed by atoms with Crippen LogP contribution in [0, 0.1) is 0 Å². The molecule has 0 unspecified atom stereocenters. The third kappa shape index (κ3) is 1.98. The summed E-state index contributed by atoms with van der Waals surface area (Å²) in [5, 5.41) is 5.00. The van der Waals surface area contributed by atoms with Gasteiger partial charge in [0.25, 0.3) is 0 Å². The third-order valence-electron chi connectivity index (χ3n) is 2.77. The molecule has 18 heavy (non-hydrogen) atoms. The summed E-state index contributed by atoms with van der Waals surface area (Å²) >= 11 is 0. The van der Waals surface area contributed by atoms with E-state index in [0.717, 1.165) is 16.5 Å². The maximum atomic E-state index is 11.8. The lowest BCUT2D eigenvalue weighted by molar-refractivity contribution is -0.116. The first-order valence-electron chi connectivity index (χ1n) is 5.67. The number of hydrogen-bond donors (Lipinski definition) is 2. The zero-order valence-electron chi connectivity index (χ0n) is 9.63. The van der Waals surface area contributed by atoms with Crippen LogP contribution in [-0.4, -0.2) is 20.8 Å². The Labute approximate surface area is 103 Å². The zero-order valence-corrected chi connectivity index (χ0v) is 9.63. The standard InChI is InChI=1S/C13H12N4O/c18-13(16-17-7-3-6-15-17)8-10-9-14-12-5-2-1-4-11(10)12/h1-7,9,14H,8H2,(H,16,18). The number of fused-ring (bicyclic) bond motifs is 1. The maximum Gasteiger partial charge on any atom is 0.244 e. The van der Waals surface area contributed by atoms with Gasteiger partial charge >= 0.3 is 0 Å². The maximum absolute atomic E-state index is 11.8. The number of amides is 1. The van der Waals surface area contributed by atoms with E-state index in [1.165, 1.54) is 4.79 Å². The van der Waals surface area contributed by atoms with Crippen LogP contribution >= 0.6 is 0 Å². The molecule has 0 aliphatic rings. The number of aromatic nitrogens is 3. The van der Waals surface area contributed by atoms with Crippen LogP contribution in [-0.2, 0) is 11.2 Å². The van der Waals surface area contributed by atoms with E-state index >= 15 is 0 Å². The number of para-hydroxylation sites is 1. The van der Waals surface area contributed by atoms with Gasteiger partial charge in [-0.3, -0.25) is 4.79 Å². The van der Waals surface area contributed by atoms with Gasteiger partial charge < -0.3 is 4.98 Å². The highest BCUT2D eigenvalue weighted by atomic mass is 16.2. The van der Waals surface area contributed by atoms with E-state index in [2.05, 4.69) is 15.5 Å². The molecule has 0 atom stereocenters. The predicted octanol–water partition coefficient (Wildman–Crippen LogP) is 1.68. The van der Waals surface area contributed by atoms with E-state index < -0.39 is 0 Å². The molecule has 0 radical (unpaired) electrons. The normalized spacial score (nSPS) is 10.7. The van der Waals surface area contributed by atoms with E-state index in [1.807, 2.05) is 30.5 Å². The molecule has 2 aromatic heterocycles. The summed E-state index contributed by atoms with van der Waals surface area (Å²) in [5.74, 6) is -0.0940. The number of H-pyrrole nitrogens is 1. The third-order valence-corrected chi connectivity index (χ3v) is 2.77. The largest absolute Gasteiger partial charge is 0.361 e. The van der Waals surface area contributed by atoms with Crippen LogP contribution in [0.1, 0.15) is 5.56 Å². The van der Waals surface area contributed by atoms with Crippen LogP contribution in [0.5, 0.6) is 0 Å². The van der Waals surface area contributed by atoms with Crippen LogP contribution in [0.15, 0.2) is 48.9 Å². The number of nitrogens with zero attached hydrogens (tertiary/aromatic N) is 2. The Balaban J connectivity index is 1.78. The van der Waals surface area contributed by atoms with Gasteiger partial charge in [-0.1, -0.05) is 18.2 Å². The van der Waals surface area contributed by atoms with Crippen molar-refractivity contribution in [3.05, 3.63) is 54.5 Å². The molecular formula is C13H12N4O. The van der Waals surface area contributed by atoms with Gasteiger partial charge in [-0.25, -0.2) is 5.43 Å². The van der Waals surface area contributed by atoms with Crippen LogP contribution < -0.4 is 5.43 Å². The van der Waals surface area contributed by atoms with Crippen molar-refractivity contribution >= 4 is 16.8 Å². The predicted molar refractivity (Wildman–Crippen MR) is 68.6 cm³/mol. The van der Waals surface area contributed by atoms with E-state index in [1.54, 1.807) is 18.5 Å². The van der Waals surface area contributed by atoms with Crippen LogP contribution in [0.4, 0.5) is 0 Å². The molecule has 90 valence electrons. The van der Waals surface area contributed by atoms with Gasteiger partial charge in [0.05, 0.1) is 12.6 Å². The van der Waals surface area contributed by atoms with Crippen LogP contribution in [0.2, 0.25) is 0 Å². The lowest BCUT2D eigenvalue weighted by atomic mass is 10.1. The zero-order chi connectivity index (χ0) is 12.4. The van der Waals surface area contributed by atoms with Crippen molar-refractivity contribution < 1.29 is 4.79 Å². The summed E-state index contributed by atoms with van der Waals surface area (Å²) in [7, 11) is 0. The Bertz CT molecular complexity index is 669. The van der Waals surface area contributed by atoms with Gasteiger partial charge in [-0.2, -0.15) is 9.89 Å². The first-order valence-corrected chi connectivity index (χ1v) is 5.67. The molecule has 0 spiro atoms. The lowest BCUT2D eigenvalue weighted by Crippen LogP contribution is -2.24. The van der Waals surface area contributed by atoms with Crippen LogP contribution in [0.25, 0.3) is 10.9 Å². The first-order chi connectivity index (χ1) is 8.83. The van der Waals surface area contributed by atoms with Crippen molar-refractivity contribution in [3.63, 3.8) is 0 Å². The highest BCUT2D eigenvalue weighted by Crippen LogP contribution is 2.17. The van der Waals surface area contributed by atoms with Crippen molar-refractivity contribution in [3.8, 4) is 0 Å². The van der Waals surface area contributed by atoms with E-state index in [0.29, 0.717) is 6.42 Å². The Kier molecular flexibility index (Phi) is 2.57. The molecule has 0 aliphatic carbocycles. The van der Waals surface area contributed by atoms with Gasteiger partial charge in [-0.15, -0.1) is 0 Å². The number of carbonyl (C=O) groups excluding carboxylic acids is 1. The smallest absolute Gasteiger partial charge is 0.244 e. The average Bonchev–Trinajstić information content (AvgIpc) is 3.00. The Morgan fingerprint density at radius 2 is 2.22 bits per heavy atom. The van der Waals surface area contributed by atoms with E-state index in [9.17, 15) is 4.79 Å². The summed E-state index contributed by atoms with van der Waals surface area (Å²) in [4.78, 5) is 16.4. The minimum Gasteiger partial charge on any atom is -0.361 e. The topological polar surface area (TPSA) is 62.7 Å². The van der Waals surface area contributed by atoms with E-state index in [-0.39, 0.29) is 5.91 Å². The second kappa shape index (κ2) is 4.37. The van der Waals surface area contributed by atoms with Crippen molar-refractivity contribution in [1.29, 1.82) is 0 Å². The molecule has 0 fully saturated rings. The molecular weight excluding hydrogens is 228 g/mol. The summed E-state index contributed by atoms with van der Waals surface area (Å²) in [6.07, 6.45) is 5.50. The van der Waals surface area contributed by atoms with Crippen LogP contribution in [0.3, 0.4) is 0 Å². The van der Waals surface area contributed by atoms with Gasteiger partial charge in [0.2, 0.25) is 5.91 Å². The SMILES string of the molecule is O=C(Cc1c[nH]c2ccccc12)Nn1cccn1. The molecule has 1 aromatic carbocycles. The van der Waals surface area contributed by atoms with Crippen molar-refractivity contribution in [2.75, 3.05) is 5.43 Å². The molecule has 0 aliphatic heterocycles. The van der Waals surface area contributed by atoms with E-state index in [4.69, 9.17) is 0 Å². The number of benzene rings is 1. The number of nitrogens with one attached hydrogen (secondary N) is 2. The quantitative estimate of drug-likeness (QED) is 0.731. The fraction of sp³-hybridized carbons (Fsp3) is 0.0769. The summed E-state index contributed by atoms with van der Waals surface area (Å²) in [6, 6.07) is 9.68. The number of aromatic amines is 1. The Morgan fingerprint density at radius 3 is 3.06 bits per heavy atom. The molecule has 0 saturated heterocycles. The minimum atomic E-state index is -0.0940. The molecule has 0 saturated carbocycles. The number of hydrogen-bond acceptors (Lipinski definition) is 2. The molecule has 2 heterocycles. The minimum absolute atomic E-state index is 0.0940. The van der Waals surface area contributed by atoms with Gasteiger partial charge in [-0.05, 0) is 17.7 Å². The fourth-order valence-electron chi connectivity index (χ4n) is 1.95. The highest BCUT2D eigenvalue weighted by Gasteiger charge is 2.08. The van der Waals surface area contributed by atoms with Gasteiger partial charge in [0.1, 0.15) is 0 Å². The van der Waals surface area contributed by atoms with Gasteiger partial charge in [0.15, 0.2) is 0 Å². The van der Waals surface area contributed by atoms with Gasteiger partial charge in [0, 0.05) is 23.3 Å². The van der Waals surface area contributed by atoms with Crippen molar-refractivity contribution in [2.45, 2.75) is 6.42 Å². The second-order valence-corrected chi connectivity index (χ2v) is 4.02. The number of carbonyl (C=O) groups is 1. The molecule has 3 aromatic rings. The van der Waals surface area contributed by atoms with Crippen molar-refractivity contribution in [2.24, 2.45) is 0 Å². The molecule has 5 nitrogen and oxygen atoms in total. The Hall–Kier alpha value is -2.56. The molecule has 5 heteroatoms. The summed E-state index contributed by atoms with van der Waals surface area (Å²) < 4.78 is 0. The summed E-state index contributed by atoms with van der Waals surface area (Å²) in [6.45, 7) is 0. The summed E-state index contributed by atoms with van der Waals surface area (Å²) in [5.41, 5.74) is 4.70. The molecule has 0 bridgehead atoms. The highest BCUT2D eigenvalue weighted by molar-refractivity contribution is 5.91. The first kappa shape index (κ1) is 10.6. The second-order valence-electron chi connectivity index (χ2n) is 4.02. The number of rotatable bonds is 3. The Morgan fingerprint density at radius 1 is 1.33 bits per heavy atom. The fourth-order valence-corrected chi connectivity index (χ4v) is 1.95. The lowest BCUT2D eigenvalue weighted by Gasteiger charge is -2.03. The molecule has 3 rings (SSSR count). The van der Waals surface area contributed by atoms with Crippen molar-refractivity contribution in [1.82, 2.24) is 14.9 Å². The molecule has 1 amide bonds. The molecule has 2 N–H and O–H groups in total. The average molecular weight is 240 g/mol.